The second-order valence-electron chi connectivity index (χ2n) is 2.17. The van der Waals surface area contributed by atoms with Crippen LogP contribution >= 0.6 is 15.9 Å². The molecule has 1 aromatic rings. The van der Waals surface area contributed by atoms with Gasteiger partial charge in [0.15, 0.2) is 0 Å². The third-order valence-corrected chi connectivity index (χ3v) is 1.73. The van der Waals surface area contributed by atoms with Crippen LogP contribution in [0.3, 0.4) is 0 Å². The molecule has 0 aliphatic carbocycles. The number of hydrogen-bond acceptors (Lipinski definition) is 0. The molecule has 0 N–H and O–H groups in total. The number of rotatable bonds is 0. The lowest BCUT2D eigenvalue weighted by atomic mass is 10.2. The molecule has 0 amide bonds. The van der Waals surface area contributed by atoms with E-state index in [0.717, 1.165) is 16.5 Å². The Labute approximate surface area is 75.8 Å². The molecular weight excluding hydrogens is 200 g/mol. The summed E-state index contributed by atoms with van der Waals surface area (Å²) in [4.78, 5) is 0. The average molecular weight is 209 g/mol. The molecule has 0 aromatic heterocycles. The Balaban J connectivity index is 2.87. The summed E-state index contributed by atoms with van der Waals surface area (Å²) < 4.78 is 1.08. The van der Waals surface area contributed by atoms with E-state index in [2.05, 4.69) is 27.8 Å². The summed E-state index contributed by atoms with van der Waals surface area (Å²) in [6.45, 7) is 2.05. The van der Waals surface area contributed by atoms with Gasteiger partial charge >= 0.3 is 0 Å². The van der Waals surface area contributed by atoms with Crippen LogP contribution in [-0.2, 0) is 0 Å². The van der Waals surface area contributed by atoms with E-state index in [9.17, 15) is 0 Å². The molecule has 0 bridgehead atoms. The van der Waals surface area contributed by atoms with Gasteiger partial charge in [0, 0.05) is 16.5 Å². The van der Waals surface area contributed by atoms with Crippen molar-refractivity contribution < 1.29 is 0 Å². The smallest absolute Gasteiger partial charge is 0.0256 e. The van der Waals surface area contributed by atoms with Crippen LogP contribution in [0.1, 0.15) is 18.9 Å². The quantitative estimate of drug-likeness (QED) is 0.575. The van der Waals surface area contributed by atoms with Gasteiger partial charge in [0.25, 0.3) is 0 Å². The zero-order valence-corrected chi connectivity index (χ0v) is 7.98. The normalized spacial score (nSPS) is 8.55. The van der Waals surface area contributed by atoms with Gasteiger partial charge in [-0.2, -0.15) is 0 Å². The Hall–Kier alpha value is -0.740. The molecule has 0 heterocycles. The predicted molar refractivity (Wildman–Crippen MR) is 51.3 cm³/mol. The van der Waals surface area contributed by atoms with Gasteiger partial charge in [0.1, 0.15) is 0 Å². The SMILES string of the molecule is CCC#Cc1cccc(Br)c1. The van der Waals surface area contributed by atoms with Gasteiger partial charge in [-0.3, -0.25) is 0 Å². The minimum Gasteiger partial charge on any atom is -0.0982 e. The first-order valence-corrected chi connectivity index (χ1v) is 4.36. The van der Waals surface area contributed by atoms with Gasteiger partial charge in [-0.15, -0.1) is 0 Å². The third-order valence-electron chi connectivity index (χ3n) is 1.23. The Morgan fingerprint density at radius 3 is 2.91 bits per heavy atom. The van der Waals surface area contributed by atoms with Crippen LogP contribution in [0, 0.1) is 11.8 Å². The van der Waals surface area contributed by atoms with Crippen molar-refractivity contribution >= 4 is 15.9 Å². The van der Waals surface area contributed by atoms with E-state index in [4.69, 9.17) is 0 Å². The first-order valence-electron chi connectivity index (χ1n) is 3.57. The Bertz CT molecular complexity index is 291. The van der Waals surface area contributed by atoms with Crippen molar-refractivity contribution in [1.29, 1.82) is 0 Å². The molecular formula is C10H9Br. The van der Waals surface area contributed by atoms with Crippen LogP contribution in [0.15, 0.2) is 28.7 Å². The van der Waals surface area contributed by atoms with E-state index in [1.807, 2.05) is 31.2 Å². The fraction of sp³-hybridized carbons (Fsp3) is 0.200. The first kappa shape index (κ1) is 8.36. The van der Waals surface area contributed by atoms with Gasteiger partial charge in [-0.05, 0) is 18.2 Å². The van der Waals surface area contributed by atoms with E-state index in [1.54, 1.807) is 0 Å². The highest BCUT2D eigenvalue weighted by Gasteiger charge is 1.86. The Morgan fingerprint density at radius 1 is 1.45 bits per heavy atom. The standard InChI is InChI=1S/C10H9Br/c1-2-3-5-9-6-4-7-10(11)8-9/h4,6-8H,2H2,1H3. The summed E-state index contributed by atoms with van der Waals surface area (Å²) in [7, 11) is 0. The molecule has 0 aliphatic rings. The van der Waals surface area contributed by atoms with Crippen molar-refractivity contribution in [3.05, 3.63) is 34.3 Å². The molecule has 11 heavy (non-hydrogen) atoms. The molecule has 0 unspecified atom stereocenters. The zero-order chi connectivity index (χ0) is 8.10. The van der Waals surface area contributed by atoms with Crippen LogP contribution in [-0.4, -0.2) is 0 Å². The van der Waals surface area contributed by atoms with E-state index >= 15 is 0 Å². The molecule has 0 saturated carbocycles. The summed E-state index contributed by atoms with van der Waals surface area (Å²) in [5, 5.41) is 0. The maximum absolute atomic E-state index is 3.39. The fourth-order valence-corrected chi connectivity index (χ4v) is 1.16. The molecule has 1 aromatic carbocycles. The number of hydrogen-bond donors (Lipinski definition) is 0. The van der Waals surface area contributed by atoms with Crippen molar-refractivity contribution in [3.8, 4) is 11.8 Å². The lowest BCUT2D eigenvalue weighted by Crippen LogP contribution is -1.72. The van der Waals surface area contributed by atoms with Gasteiger partial charge < -0.3 is 0 Å². The zero-order valence-electron chi connectivity index (χ0n) is 6.39. The molecule has 0 saturated heterocycles. The maximum atomic E-state index is 3.39. The molecule has 0 spiro atoms. The monoisotopic (exact) mass is 208 g/mol. The summed E-state index contributed by atoms with van der Waals surface area (Å²) in [5.41, 5.74) is 1.07. The first-order chi connectivity index (χ1) is 5.33. The van der Waals surface area contributed by atoms with Crippen LogP contribution in [0.2, 0.25) is 0 Å². The average Bonchev–Trinajstić information content (AvgIpc) is 2.01. The van der Waals surface area contributed by atoms with Gasteiger partial charge in [0.05, 0.1) is 0 Å². The lowest BCUT2D eigenvalue weighted by Gasteiger charge is -1.89. The minimum atomic E-state index is 0.909. The van der Waals surface area contributed by atoms with E-state index in [1.165, 1.54) is 0 Å². The van der Waals surface area contributed by atoms with Crippen molar-refractivity contribution in [2.75, 3.05) is 0 Å². The third kappa shape index (κ3) is 2.78. The second-order valence-corrected chi connectivity index (χ2v) is 3.08. The second kappa shape index (κ2) is 4.20. The van der Waals surface area contributed by atoms with Crippen molar-refractivity contribution in [2.45, 2.75) is 13.3 Å². The van der Waals surface area contributed by atoms with Gasteiger partial charge in [-0.1, -0.05) is 40.8 Å². The van der Waals surface area contributed by atoms with Crippen molar-refractivity contribution in [1.82, 2.24) is 0 Å². The van der Waals surface area contributed by atoms with Crippen molar-refractivity contribution in [3.63, 3.8) is 0 Å². The molecule has 0 radical (unpaired) electrons. The molecule has 56 valence electrons. The van der Waals surface area contributed by atoms with Gasteiger partial charge in [-0.25, -0.2) is 0 Å². The van der Waals surface area contributed by atoms with Crippen LogP contribution in [0.5, 0.6) is 0 Å². The van der Waals surface area contributed by atoms with Crippen LogP contribution in [0.25, 0.3) is 0 Å². The minimum absolute atomic E-state index is 0.909. The van der Waals surface area contributed by atoms with Crippen LogP contribution in [0.4, 0.5) is 0 Å². The molecule has 0 aliphatic heterocycles. The topological polar surface area (TPSA) is 0 Å². The summed E-state index contributed by atoms with van der Waals surface area (Å²) in [5.74, 6) is 6.08. The summed E-state index contributed by atoms with van der Waals surface area (Å²) >= 11 is 3.39. The van der Waals surface area contributed by atoms with Crippen LogP contribution < -0.4 is 0 Å². The highest BCUT2D eigenvalue weighted by atomic mass is 79.9. The Morgan fingerprint density at radius 2 is 2.27 bits per heavy atom. The highest BCUT2D eigenvalue weighted by molar-refractivity contribution is 9.10. The van der Waals surface area contributed by atoms with E-state index in [0.29, 0.717) is 0 Å². The largest absolute Gasteiger partial charge is 0.0982 e. The number of halogens is 1. The summed E-state index contributed by atoms with van der Waals surface area (Å²) in [6.07, 6.45) is 0.909. The molecule has 0 nitrogen and oxygen atoms in total. The van der Waals surface area contributed by atoms with Gasteiger partial charge in [0.2, 0.25) is 0 Å². The van der Waals surface area contributed by atoms with Crippen molar-refractivity contribution in [2.24, 2.45) is 0 Å². The molecule has 0 atom stereocenters. The molecule has 0 fully saturated rings. The number of benzene rings is 1. The van der Waals surface area contributed by atoms with E-state index < -0.39 is 0 Å². The predicted octanol–water partition coefficient (Wildman–Crippen LogP) is 3.21. The van der Waals surface area contributed by atoms with E-state index in [-0.39, 0.29) is 0 Å². The Kier molecular flexibility index (Phi) is 3.19. The maximum Gasteiger partial charge on any atom is 0.0256 e. The fourth-order valence-electron chi connectivity index (χ4n) is 0.757. The summed E-state index contributed by atoms with van der Waals surface area (Å²) in [6, 6.07) is 8.01. The molecule has 1 heteroatoms. The molecule has 1 rings (SSSR count). The highest BCUT2D eigenvalue weighted by Crippen LogP contribution is 2.10. The lowest BCUT2D eigenvalue weighted by molar-refractivity contribution is 1.28.